The summed E-state index contributed by atoms with van der Waals surface area (Å²) < 4.78 is 47.8. The van der Waals surface area contributed by atoms with Crippen molar-refractivity contribution in [1.29, 1.82) is 5.26 Å². The van der Waals surface area contributed by atoms with Crippen LogP contribution in [0.1, 0.15) is 38.8 Å². The Labute approximate surface area is 248 Å². The summed E-state index contributed by atoms with van der Waals surface area (Å²) in [6.45, 7) is 1.83. The maximum atomic E-state index is 13.9. The summed E-state index contributed by atoms with van der Waals surface area (Å²) in [5.74, 6) is 0.496. The molecule has 1 N–H and O–H groups in total. The summed E-state index contributed by atoms with van der Waals surface area (Å²) in [4.78, 5) is 43.1. The molecule has 224 valence electrons. The summed E-state index contributed by atoms with van der Waals surface area (Å²) >= 11 is 0. The summed E-state index contributed by atoms with van der Waals surface area (Å²) in [6, 6.07) is 11.6. The Morgan fingerprint density at radius 2 is 1.82 bits per heavy atom. The maximum Gasteiger partial charge on any atom is 0.423 e. The van der Waals surface area contributed by atoms with Gasteiger partial charge in [0.2, 0.25) is 5.95 Å². The third kappa shape index (κ3) is 5.61. The fourth-order valence-corrected chi connectivity index (χ4v) is 5.39. The molecule has 12 nitrogen and oxygen atoms in total. The highest BCUT2D eigenvalue weighted by Gasteiger charge is 2.42. The molecule has 6 rings (SSSR count). The first-order valence-corrected chi connectivity index (χ1v) is 13.6. The third-order valence-corrected chi connectivity index (χ3v) is 7.54. The van der Waals surface area contributed by atoms with E-state index in [1.165, 1.54) is 29.6 Å². The number of carbonyl (C=O) groups is 1. The van der Waals surface area contributed by atoms with E-state index in [-0.39, 0.29) is 30.4 Å². The van der Waals surface area contributed by atoms with Gasteiger partial charge in [-0.3, -0.25) is 14.6 Å². The summed E-state index contributed by atoms with van der Waals surface area (Å²) in [5.41, 5.74) is -0.921. The number of amides is 1. The van der Waals surface area contributed by atoms with Gasteiger partial charge in [0.15, 0.2) is 0 Å². The van der Waals surface area contributed by atoms with Crippen LogP contribution in [-0.2, 0) is 12.7 Å². The minimum Gasteiger partial charge on any atom is -0.491 e. The number of carbonyl (C=O) groups excluding carboxylic acids is 1. The van der Waals surface area contributed by atoms with E-state index in [0.29, 0.717) is 43.4 Å². The Kier molecular flexibility index (Phi) is 7.56. The average molecular weight is 604 g/mol. The number of nitrogens with one attached hydrogen (secondary N) is 1. The molecule has 3 aromatic heterocycles. The second-order valence-electron chi connectivity index (χ2n) is 10.2. The number of rotatable bonds is 6. The zero-order valence-corrected chi connectivity index (χ0v) is 23.0. The van der Waals surface area contributed by atoms with Crippen molar-refractivity contribution in [1.82, 2.24) is 30.0 Å². The van der Waals surface area contributed by atoms with Crippen molar-refractivity contribution in [3.63, 3.8) is 0 Å². The maximum absolute atomic E-state index is 13.9. The predicted molar refractivity (Wildman–Crippen MR) is 150 cm³/mol. The van der Waals surface area contributed by atoms with E-state index in [9.17, 15) is 22.8 Å². The Morgan fingerprint density at radius 1 is 1.07 bits per heavy atom. The summed E-state index contributed by atoms with van der Waals surface area (Å²) in [5, 5.41) is 14.4. The van der Waals surface area contributed by atoms with Crippen molar-refractivity contribution in [3.8, 4) is 11.8 Å². The molecular weight excluding hydrogens is 579 g/mol. The first-order valence-electron chi connectivity index (χ1n) is 13.6. The van der Waals surface area contributed by atoms with Gasteiger partial charge in [-0.05, 0) is 17.2 Å². The number of alkyl halides is 3. The van der Waals surface area contributed by atoms with Crippen LogP contribution in [0.25, 0.3) is 0 Å². The molecule has 4 aromatic rings. The number of hydrogen-bond acceptors (Lipinski definition) is 10. The molecule has 0 radical (unpaired) electrons. The standard InChI is InChI=1S/C29H24F3N9O3/c30-29(31,32)25-23(15-37-38-26(25)42)41-16-19-3-1-2-4-21(19)24(41)17-44-20-5-6-34-22(11-20)27(43)39-7-9-40(10-8-39)28-35-13-18(12-33)14-36-28/h1-6,11,13-15,24H,7-10,16-17H2,(H,38,42)/t24-/m1/s1. The normalized spacial score (nSPS) is 16.4. The van der Waals surface area contributed by atoms with Crippen molar-refractivity contribution in [2.24, 2.45) is 0 Å². The number of nitrogens with zero attached hydrogens (tertiary/aromatic N) is 8. The van der Waals surface area contributed by atoms with Gasteiger partial charge in [0.25, 0.3) is 11.5 Å². The minimum absolute atomic E-state index is 0.0674. The monoisotopic (exact) mass is 603 g/mol. The van der Waals surface area contributed by atoms with Crippen molar-refractivity contribution < 1.29 is 22.7 Å². The molecule has 0 bridgehead atoms. The van der Waals surface area contributed by atoms with Crippen molar-refractivity contribution in [2.45, 2.75) is 18.8 Å². The smallest absolute Gasteiger partial charge is 0.423 e. The zero-order valence-electron chi connectivity index (χ0n) is 23.0. The van der Waals surface area contributed by atoms with Gasteiger partial charge in [0.05, 0.1) is 35.9 Å². The van der Waals surface area contributed by atoms with E-state index in [2.05, 4.69) is 20.1 Å². The van der Waals surface area contributed by atoms with Gasteiger partial charge in [-0.2, -0.15) is 23.5 Å². The first kappa shape index (κ1) is 28.6. The molecule has 5 heterocycles. The highest BCUT2D eigenvalue weighted by Crippen LogP contribution is 2.42. The van der Waals surface area contributed by atoms with Crippen LogP contribution in [0, 0.1) is 11.3 Å². The van der Waals surface area contributed by atoms with Crippen molar-refractivity contribution in [2.75, 3.05) is 42.6 Å². The second-order valence-corrected chi connectivity index (χ2v) is 10.2. The molecule has 1 saturated heterocycles. The minimum atomic E-state index is -4.90. The largest absolute Gasteiger partial charge is 0.491 e. The van der Waals surface area contributed by atoms with Crippen molar-refractivity contribution in [3.05, 3.63) is 99.5 Å². The second kappa shape index (κ2) is 11.6. The topological polar surface area (TPSA) is 144 Å². The van der Waals surface area contributed by atoms with Gasteiger partial charge in [-0.15, -0.1) is 0 Å². The average Bonchev–Trinajstić information content (AvgIpc) is 3.41. The van der Waals surface area contributed by atoms with Gasteiger partial charge < -0.3 is 19.4 Å². The molecule has 1 aromatic carbocycles. The number of ether oxygens (including phenoxy) is 1. The zero-order chi connectivity index (χ0) is 30.8. The van der Waals surface area contributed by atoms with Gasteiger partial charge in [-0.25, -0.2) is 15.1 Å². The Bertz CT molecular complexity index is 1780. The molecule has 0 spiro atoms. The van der Waals surface area contributed by atoms with Crippen LogP contribution in [0.4, 0.5) is 24.8 Å². The number of fused-ring (bicyclic) bond motifs is 1. The van der Waals surface area contributed by atoms with E-state index in [1.54, 1.807) is 29.2 Å². The molecule has 0 aliphatic carbocycles. The van der Waals surface area contributed by atoms with Crippen LogP contribution in [0.3, 0.4) is 0 Å². The van der Waals surface area contributed by atoms with Gasteiger partial charge in [-0.1, -0.05) is 24.3 Å². The highest BCUT2D eigenvalue weighted by molar-refractivity contribution is 5.92. The fourth-order valence-electron chi connectivity index (χ4n) is 5.39. The number of aromatic nitrogens is 5. The Morgan fingerprint density at radius 3 is 2.55 bits per heavy atom. The van der Waals surface area contributed by atoms with E-state index in [0.717, 1.165) is 17.3 Å². The van der Waals surface area contributed by atoms with Gasteiger partial charge in [0.1, 0.15) is 29.7 Å². The number of benzene rings is 1. The molecule has 1 amide bonds. The van der Waals surface area contributed by atoms with Crippen LogP contribution in [0.15, 0.2) is 66.0 Å². The van der Waals surface area contributed by atoms with E-state index in [4.69, 9.17) is 10.00 Å². The highest BCUT2D eigenvalue weighted by atomic mass is 19.4. The van der Waals surface area contributed by atoms with Gasteiger partial charge in [0, 0.05) is 45.0 Å². The SMILES string of the molecule is N#Cc1cnc(N2CCN(C(=O)c3cc(OC[C@@H]4c5ccccc5CN4c4cn[nH]c(=O)c4C(F)(F)F)ccn3)CC2)nc1. The van der Waals surface area contributed by atoms with Crippen LogP contribution in [0.2, 0.25) is 0 Å². The number of hydrogen-bond donors (Lipinski definition) is 1. The lowest BCUT2D eigenvalue weighted by Gasteiger charge is -2.34. The van der Waals surface area contributed by atoms with Crippen LogP contribution < -0.4 is 20.1 Å². The lowest BCUT2D eigenvalue weighted by atomic mass is 10.1. The van der Waals surface area contributed by atoms with E-state index >= 15 is 0 Å². The van der Waals surface area contributed by atoms with Crippen LogP contribution in [0.5, 0.6) is 5.75 Å². The Hall–Kier alpha value is -5.52. The third-order valence-electron chi connectivity index (χ3n) is 7.54. The predicted octanol–water partition coefficient (Wildman–Crippen LogP) is 2.95. The van der Waals surface area contributed by atoms with E-state index in [1.807, 2.05) is 22.1 Å². The molecule has 0 unspecified atom stereocenters. The van der Waals surface area contributed by atoms with Gasteiger partial charge >= 0.3 is 6.18 Å². The molecule has 2 aliphatic heterocycles. The van der Waals surface area contributed by atoms with Crippen LogP contribution >= 0.6 is 0 Å². The summed E-state index contributed by atoms with van der Waals surface area (Å²) in [6.07, 6.45) is 0.438. The lowest BCUT2D eigenvalue weighted by Crippen LogP contribution is -2.49. The molecule has 44 heavy (non-hydrogen) atoms. The molecule has 2 aliphatic rings. The number of halogens is 3. The molecule has 15 heteroatoms. The number of nitriles is 1. The molecule has 1 atom stereocenters. The molecule has 1 fully saturated rings. The molecule has 0 saturated carbocycles. The number of piperazine rings is 1. The van der Waals surface area contributed by atoms with E-state index < -0.39 is 23.3 Å². The number of aromatic amines is 1. The number of pyridine rings is 1. The van der Waals surface area contributed by atoms with Crippen molar-refractivity contribution >= 4 is 17.5 Å². The lowest BCUT2D eigenvalue weighted by molar-refractivity contribution is -0.138. The number of anilines is 2. The summed E-state index contributed by atoms with van der Waals surface area (Å²) in [7, 11) is 0. The number of H-pyrrole nitrogens is 1. The van der Waals surface area contributed by atoms with Crippen LogP contribution in [-0.4, -0.2) is 68.7 Å². The Balaban J connectivity index is 1.16. The molecular formula is C29H24F3N9O3. The fraction of sp³-hybridized carbons (Fsp3) is 0.276. The first-order chi connectivity index (χ1) is 21.2. The quantitative estimate of drug-likeness (QED) is 0.349.